The zero-order chi connectivity index (χ0) is 12.7. The van der Waals surface area contributed by atoms with Crippen molar-refractivity contribution in [2.75, 3.05) is 25.5 Å². The molecule has 0 aromatic carbocycles. The third kappa shape index (κ3) is 3.75. The van der Waals surface area contributed by atoms with E-state index in [-0.39, 0.29) is 18.4 Å². The van der Waals surface area contributed by atoms with Crippen LogP contribution in [-0.2, 0) is 4.79 Å². The maximum atomic E-state index is 11.8. The zero-order valence-corrected chi connectivity index (χ0v) is 9.91. The molecule has 6 heteroatoms. The molecular formula is C11H16N4O2. The number of pyridine rings is 1. The second-order valence-corrected chi connectivity index (χ2v) is 3.31. The summed E-state index contributed by atoms with van der Waals surface area (Å²) >= 11 is 0. The molecule has 0 bridgehead atoms. The van der Waals surface area contributed by atoms with Crippen molar-refractivity contribution in [3.05, 3.63) is 24.0 Å². The standard InChI is InChI=1S/C11H16N4O2/c1-3-14-9-4-5-13-6-8(9)11(17)15-7-10(16)12-2/h4-6H,3,7H2,1-2H3,(H,12,16)(H,13,14)(H,15,17). The van der Waals surface area contributed by atoms with E-state index >= 15 is 0 Å². The molecule has 0 radical (unpaired) electrons. The van der Waals surface area contributed by atoms with Gasteiger partial charge in [-0.25, -0.2) is 0 Å². The van der Waals surface area contributed by atoms with Gasteiger partial charge in [-0.1, -0.05) is 0 Å². The molecule has 1 heterocycles. The number of aromatic nitrogens is 1. The van der Waals surface area contributed by atoms with Crippen molar-refractivity contribution in [1.29, 1.82) is 0 Å². The van der Waals surface area contributed by atoms with Gasteiger partial charge in [0.15, 0.2) is 0 Å². The van der Waals surface area contributed by atoms with E-state index in [4.69, 9.17) is 0 Å². The van der Waals surface area contributed by atoms with Gasteiger partial charge in [0.1, 0.15) is 0 Å². The van der Waals surface area contributed by atoms with Gasteiger partial charge < -0.3 is 16.0 Å². The van der Waals surface area contributed by atoms with E-state index in [1.54, 1.807) is 12.3 Å². The maximum Gasteiger partial charge on any atom is 0.255 e. The molecule has 0 unspecified atom stereocenters. The Morgan fingerprint density at radius 2 is 2.18 bits per heavy atom. The maximum absolute atomic E-state index is 11.8. The van der Waals surface area contributed by atoms with E-state index in [0.29, 0.717) is 17.8 Å². The van der Waals surface area contributed by atoms with Gasteiger partial charge in [0.2, 0.25) is 5.91 Å². The van der Waals surface area contributed by atoms with E-state index in [1.165, 1.54) is 13.2 Å². The van der Waals surface area contributed by atoms with Gasteiger partial charge in [-0.05, 0) is 13.0 Å². The highest BCUT2D eigenvalue weighted by atomic mass is 16.2. The van der Waals surface area contributed by atoms with Gasteiger partial charge in [0, 0.05) is 26.0 Å². The first-order valence-corrected chi connectivity index (χ1v) is 5.35. The summed E-state index contributed by atoms with van der Waals surface area (Å²) in [6, 6.07) is 1.72. The summed E-state index contributed by atoms with van der Waals surface area (Å²) < 4.78 is 0. The minimum Gasteiger partial charge on any atom is -0.385 e. The van der Waals surface area contributed by atoms with E-state index in [9.17, 15) is 9.59 Å². The highest BCUT2D eigenvalue weighted by molar-refractivity contribution is 6.00. The molecule has 0 aliphatic rings. The fourth-order valence-electron chi connectivity index (χ4n) is 1.26. The first kappa shape index (κ1) is 13.0. The molecule has 0 spiro atoms. The van der Waals surface area contributed by atoms with E-state index in [2.05, 4.69) is 20.9 Å². The smallest absolute Gasteiger partial charge is 0.255 e. The van der Waals surface area contributed by atoms with Crippen molar-refractivity contribution in [3.8, 4) is 0 Å². The lowest BCUT2D eigenvalue weighted by atomic mass is 10.2. The number of carbonyl (C=O) groups excluding carboxylic acids is 2. The van der Waals surface area contributed by atoms with Gasteiger partial charge >= 0.3 is 0 Å². The number of hydrogen-bond acceptors (Lipinski definition) is 4. The number of carbonyl (C=O) groups is 2. The van der Waals surface area contributed by atoms with E-state index in [1.807, 2.05) is 6.92 Å². The van der Waals surface area contributed by atoms with Crippen LogP contribution in [0.3, 0.4) is 0 Å². The normalized spacial score (nSPS) is 9.53. The fourth-order valence-corrected chi connectivity index (χ4v) is 1.26. The van der Waals surface area contributed by atoms with Crippen LogP contribution in [0.2, 0.25) is 0 Å². The molecule has 92 valence electrons. The third-order valence-electron chi connectivity index (χ3n) is 2.12. The Balaban J connectivity index is 2.71. The molecule has 1 aromatic rings. The van der Waals surface area contributed by atoms with Crippen molar-refractivity contribution in [2.24, 2.45) is 0 Å². The molecule has 6 nitrogen and oxygen atoms in total. The lowest BCUT2D eigenvalue weighted by Crippen LogP contribution is -2.35. The number of nitrogens with zero attached hydrogens (tertiary/aromatic N) is 1. The molecule has 1 rings (SSSR count). The minimum absolute atomic E-state index is 0.0458. The van der Waals surface area contributed by atoms with Crippen LogP contribution in [-0.4, -0.2) is 36.9 Å². The highest BCUT2D eigenvalue weighted by Gasteiger charge is 2.11. The van der Waals surface area contributed by atoms with Crippen LogP contribution in [0.1, 0.15) is 17.3 Å². The number of anilines is 1. The molecule has 0 saturated heterocycles. The van der Waals surface area contributed by atoms with E-state index < -0.39 is 0 Å². The quantitative estimate of drug-likeness (QED) is 0.671. The second kappa shape index (κ2) is 6.47. The Labute approximate surface area is 99.8 Å². The average Bonchev–Trinajstić information content (AvgIpc) is 2.36. The number of nitrogens with one attached hydrogen (secondary N) is 3. The highest BCUT2D eigenvalue weighted by Crippen LogP contribution is 2.12. The van der Waals surface area contributed by atoms with Gasteiger partial charge in [-0.2, -0.15) is 0 Å². The molecule has 2 amide bonds. The fraction of sp³-hybridized carbons (Fsp3) is 0.364. The number of hydrogen-bond donors (Lipinski definition) is 3. The van der Waals surface area contributed by atoms with Crippen molar-refractivity contribution in [3.63, 3.8) is 0 Å². The predicted octanol–water partition coefficient (Wildman–Crippen LogP) is -0.0108. The van der Waals surface area contributed by atoms with E-state index in [0.717, 1.165) is 0 Å². The molecule has 0 aliphatic heterocycles. The molecule has 0 fully saturated rings. The van der Waals surface area contributed by atoms with Gasteiger partial charge in [-0.15, -0.1) is 0 Å². The Kier molecular flexibility index (Phi) is 4.93. The largest absolute Gasteiger partial charge is 0.385 e. The lowest BCUT2D eigenvalue weighted by molar-refractivity contribution is -0.119. The summed E-state index contributed by atoms with van der Waals surface area (Å²) in [7, 11) is 1.52. The molecule has 3 N–H and O–H groups in total. The Morgan fingerprint density at radius 3 is 2.82 bits per heavy atom. The van der Waals surface area contributed by atoms with Crippen molar-refractivity contribution in [1.82, 2.24) is 15.6 Å². The molecule has 1 aromatic heterocycles. The Morgan fingerprint density at radius 1 is 1.41 bits per heavy atom. The van der Waals surface area contributed by atoms with Crippen LogP contribution in [0, 0.1) is 0 Å². The molecule has 17 heavy (non-hydrogen) atoms. The van der Waals surface area contributed by atoms with Crippen LogP contribution in [0.15, 0.2) is 18.5 Å². The van der Waals surface area contributed by atoms with Crippen LogP contribution in [0.5, 0.6) is 0 Å². The predicted molar refractivity (Wildman–Crippen MR) is 64.8 cm³/mol. The average molecular weight is 236 g/mol. The van der Waals surface area contributed by atoms with Crippen molar-refractivity contribution in [2.45, 2.75) is 6.92 Å². The summed E-state index contributed by atoms with van der Waals surface area (Å²) in [6.07, 6.45) is 3.07. The van der Waals surface area contributed by atoms with Gasteiger partial charge in [0.05, 0.1) is 17.8 Å². The Bertz CT molecular complexity index is 406. The van der Waals surface area contributed by atoms with Crippen molar-refractivity contribution >= 4 is 17.5 Å². The first-order valence-electron chi connectivity index (χ1n) is 5.35. The number of likely N-dealkylation sites (N-methyl/N-ethyl adjacent to an activating group) is 1. The zero-order valence-electron chi connectivity index (χ0n) is 9.91. The van der Waals surface area contributed by atoms with Crippen LogP contribution in [0.4, 0.5) is 5.69 Å². The number of amides is 2. The monoisotopic (exact) mass is 236 g/mol. The Hall–Kier alpha value is -2.11. The van der Waals surface area contributed by atoms with Gasteiger partial charge in [0.25, 0.3) is 5.91 Å². The second-order valence-electron chi connectivity index (χ2n) is 3.31. The SMILES string of the molecule is CCNc1ccncc1C(=O)NCC(=O)NC. The lowest BCUT2D eigenvalue weighted by Gasteiger charge is -2.09. The first-order chi connectivity index (χ1) is 8.19. The van der Waals surface area contributed by atoms with Crippen LogP contribution >= 0.6 is 0 Å². The summed E-state index contributed by atoms with van der Waals surface area (Å²) in [5, 5.41) is 8.00. The summed E-state index contributed by atoms with van der Waals surface area (Å²) in [4.78, 5) is 26.7. The van der Waals surface area contributed by atoms with Crippen molar-refractivity contribution < 1.29 is 9.59 Å². The van der Waals surface area contributed by atoms with Gasteiger partial charge in [-0.3, -0.25) is 14.6 Å². The number of rotatable bonds is 5. The minimum atomic E-state index is -0.322. The summed E-state index contributed by atoms with van der Waals surface area (Å²) in [6.45, 7) is 2.60. The molecule has 0 atom stereocenters. The topological polar surface area (TPSA) is 83.1 Å². The summed E-state index contributed by atoms with van der Waals surface area (Å²) in [5.74, 6) is -0.565. The van der Waals surface area contributed by atoms with Crippen LogP contribution < -0.4 is 16.0 Å². The molecular weight excluding hydrogens is 220 g/mol. The molecule has 0 aliphatic carbocycles. The third-order valence-corrected chi connectivity index (χ3v) is 2.12. The molecule has 0 saturated carbocycles. The van der Waals surface area contributed by atoms with Crippen LogP contribution in [0.25, 0.3) is 0 Å². The summed E-state index contributed by atoms with van der Waals surface area (Å²) in [5.41, 5.74) is 1.13.